The Balaban J connectivity index is 2.07. The van der Waals surface area contributed by atoms with Crippen molar-refractivity contribution >= 4 is 28.4 Å². The van der Waals surface area contributed by atoms with Crippen LogP contribution in [0.5, 0.6) is 0 Å². The van der Waals surface area contributed by atoms with Crippen LogP contribution in [0.15, 0.2) is 55.1 Å². The van der Waals surface area contributed by atoms with Crippen LogP contribution in [0.25, 0.3) is 10.8 Å². The van der Waals surface area contributed by atoms with Crippen LogP contribution in [0.4, 0.5) is 0 Å². The number of carbonyl (C=O) groups is 1. The molecule has 2 aromatic rings. The molecule has 0 fully saturated rings. The largest absolute Gasteiger partial charge is 0.341 e. The number of hydrogen-bond donors (Lipinski definition) is 0. The van der Waals surface area contributed by atoms with Crippen molar-refractivity contribution in [3.63, 3.8) is 0 Å². The van der Waals surface area contributed by atoms with Crippen molar-refractivity contribution in [3.8, 4) is 0 Å². The van der Waals surface area contributed by atoms with Gasteiger partial charge in [-0.1, -0.05) is 48.5 Å². The average molecular weight is 285 g/mol. The molecule has 0 aromatic heterocycles. The van der Waals surface area contributed by atoms with Crippen LogP contribution < -0.4 is 0 Å². The summed E-state index contributed by atoms with van der Waals surface area (Å²) in [5, 5.41) is 2.43. The van der Waals surface area contributed by atoms with Gasteiger partial charge >= 0.3 is 0 Å². The second-order valence-corrected chi connectivity index (χ2v) is 5.72. The van der Waals surface area contributed by atoms with Crippen LogP contribution in [0.1, 0.15) is 5.56 Å². The Bertz CT molecular complexity index is 603. The molecule has 0 saturated carbocycles. The lowest BCUT2D eigenvalue weighted by atomic mass is 10.0. The number of fused-ring (bicyclic) bond motifs is 1. The summed E-state index contributed by atoms with van der Waals surface area (Å²) in [4.78, 5) is 13.8. The molecule has 0 N–H and O–H groups in total. The molecule has 3 heteroatoms. The molecular formula is C17H19NOS. The highest BCUT2D eigenvalue weighted by Gasteiger charge is 2.10. The zero-order valence-electron chi connectivity index (χ0n) is 11.7. The first-order valence-electron chi connectivity index (χ1n) is 6.61. The minimum atomic E-state index is 0.157. The van der Waals surface area contributed by atoms with Gasteiger partial charge < -0.3 is 4.90 Å². The van der Waals surface area contributed by atoms with Gasteiger partial charge in [0.25, 0.3) is 0 Å². The SMILES string of the molecule is C=CCSCC(=O)N(C)Cc1cccc2ccccc12. The maximum atomic E-state index is 12.0. The topological polar surface area (TPSA) is 20.3 Å². The monoisotopic (exact) mass is 285 g/mol. The first kappa shape index (κ1) is 14.7. The Hall–Kier alpha value is -1.74. The number of amides is 1. The van der Waals surface area contributed by atoms with Crippen LogP contribution >= 0.6 is 11.8 Å². The maximum absolute atomic E-state index is 12.0. The number of rotatable bonds is 6. The summed E-state index contributed by atoms with van der Waals surface area (Å²) in [5.41, 5.74) is 1.19. The molecule has 2 rings (SSSR count). The third-order valence-electron chi connectivity index (χ3n) is 3.17. The van der Waals surface area contributed by atoms with Gasteiger partial charge in [0.1, 0.15) is 0 Å². The molecule has 2 nitrogen and oxygen atoms in total. The van der Waals surface area contributed by atoms with E-state index in [0.29, 0.717) is 12.3 Å². The predicted octanol–water partition coefficient (Wildman–Crippen LogP) is 3.72. The average Bonchev–Trinajstić information content (AvgIpc) is 2.47. The van der Waals surface area contributed by atoms with Crippen molar-refractivity contribution in [1.82, 2.24) is 4.90 Å². The lowest BCUT2D eigenvalue weighted by molar-refractivity contribution is -0.127. The highest BCUT2D eigenvalue weighted by Crippen LogP contribution is 2.19. The van der Waals surface area contributed by atoms with Crippen LogP contribution in [-0.2, 0) is 11.3 Å². The van der Waals surface area contributed by atoms with Gasteiger partial charge in [0.15, 0.2) is 0 Å². The summed E-state index contributed by atoms with van der Waals surface area (Å²) in [5.74, 6) is 1.48. The minimum Gasteiger partial charge on any atom is -0.341 e. The standard InChI is InChI=1S/C17H19NOS/c1-3-11-20-13-17(19)18(2)12-15-9-6-8-14-7-4-5-10-16(14)15/h3-10H,1,11-13H2,2H3. The molecule has 0 heterocycles. The van der Waals surface area contributed by atoms with E-state index in [-0.39, 0.29) is 5.91 Å². The molecule has 1 amide bonds. The van der Waals surface area contributed by atoms with E-state index in [9.17, 15) is 4.79 Å². The molecule has 0 radical (unpaired) electrons. The Morgan fingerprint density at radius 3 is 2.80 bits per heavy atom. The summed E-state index contributed by atoms with van der Waals surface area (Å²) >= 11 is 1.59. The van der Waals surface area contributed by atoms with Crippen molar-refractivity contribution in [2.24, 2.45) is 0 Å². The molecule has 0 aliphatic carbocycles. The van der Waals surface area contributed by atoms with Crippen LogP contribution in [0, 0.1) is 0 Å². The van der Waals surface area contributed by atoms with Crippen LogP contribution in [0.2, 0.25) is 0 Å². The molecule has 0 unspecified atom stereocenters. The lowest BCUT2D eigenvalue weighted by Crippen LogP contribution is -2.27. The van der Waals surface area contributed by atoms with Gasteiger partial charge in [-0.05, 0) is 16.3 Å². The van der Waals surface area contributed by atoms with Crippen LogP contribution in [-0.4, -0.2) is 29.4 Å². The highest BCUT2D eigenvalue weighted by molar-refractivity contribution is 8.00. The second kappa shape index (κ2) is 7.15. The van der Waals surface area contributed by atoms with E-state index in [0.717, 1.165) is 5.75 Å². The molecule has 20 heavy (non-hydrogen) atoms. The van der Waals surface area contributed by atoms with E-state index < -0.39 is 0 Å². The smallest absolute Gasteiger partial charge is 0.232 e. The molecule has 2 aromatic carbocycles. The zero-order chi connectivity index (χ0) is 14.4. The van der Waals surface area contributed by atoms with Crippen molar-refractivity contribution in [2.45, 2.75) is 6.54 Å². The molecule has 0 bridgehead atoms. The fourth-order valence-electron chi connectivity index (χ4n) is 2.11. The Labute approximate surface area is 124 Å². The minimum absolute atomic E-state index is 0.157. The van der Waals surface area contributed by atoms with Crippen molar-refractivity contribution in [3.05, 3.63) is 60.7 Å². The van der Waals surface area contributed by atoms with E-state index in [1.807, 2.05) is 31.3 Å². The van der Waals surface area contributed by atoms with Crippen LogP contribution in [0.3, 0.4) is 0 Å². The lowest BCUT2D eigenvalue weighted by Gasteiger charge is -2.18. The number of thioether (sulfide) groups is 1. The van der Waals surface area contributed by atoms with Crippen molar-refractivity contribution in [1.29, 1.82) is 0 Å². The zero-order valence-corrected chi connectivity index (χ0v) is 12.5. The van der Waals surface area contributed by atoms with E-state index in [4.69, 9.17) is 0 Å². The summed E-state index contributed by atoms with van der Waals surface area (Å²) in [6, 6.07) is 14.5. The number of nitrogens with zero attached hydrogens (tertiary/aromatic N) is 1. The van der Waals surface area contributed by atoms with Gasteiger partial charge in [-0.25, -0.2) is 0 Å². The van der Waals surface area contributed by atoms with E-state index in [1.54, 1.807) is 16.7 Å². The summed E-state index contributed by atoms with van der Waals surface area (Å²) in [6.07, 6.45) is 1.82. The van der Waals surface area contributed by atoms with E-state index >= 15 is 0 Å². The summed E-state index contributed by atoms with van der Waals surface area (Å²) < 4.78 is 0. The third-order valence-corrected chi connectivity index (χ3v) is 4.10. The van der Waals surface area contributed by atoms with Gasteiger partial charge in [-0.2, -0.15) is 0 Å². The van der Waals surface area contributed by atoms with Gasteiger partial charge in [-0.3, -0.25) is 4.79 Å². The molecule has 0 spiro atoms. The first-order valence-corrected chi connectivity index (χ1v) is 7.77. The molecule has 0 saturated heterocycles. The Kier molecular flexibility index (Phi) is 5.24. The van der Waals surface area contributed by atoms with Gasteiger partial charge in [-0.15, -0.1) is 18.3 Å². The normalized spacial score (nSPS) is 10.4. The van der Waals surface area contributed by atoms with E-state index in [2.05, 4.69) is 30.8 Å². The maximum Gasteiger partial charge on any atom is 0.232 e. The van der Waals surface area contributed by atoms with Gasteiger partial charge in [0.05, 0.1) is 5.75 Å². The molecule has 104 valence electrons. The fraction of sp³-hybridized carbons (Fsp3) is 0.235. The predicted molar refractivity (Wildman–Crippen MR) is 87.9 cm³/mol. The van der Waals surface area contributed by atoms with Crippen molar-refractivity contribution in [2.75, 3.05) is 18.6 Å². The van der Waals surface area contributed by atoms with E-state index in [1.165, 1.54) is 16.3 Å². The molecule has 0 atom stereocenters. The number of carbonyl (C=O) groups excluding carboxylic acids is 1. The van der Waals surface area contributed by atoms with Gasteiger partial charge in [0, 0.05) is 19.3 Å². The third kappa shape index (κ3) is 3.64. The number of hydrogen-bond acceptors (Lipinski definition) is 2. The number of benzene rings is 2. The quantitative estimate of drug-likeness (QED) is 0.595. The summed E-state index contributed by atoms with van der Waals surface area (Å²) in [7, 11) is 1.86. The van der Waals surface area contributed by atoms with Crippen molar-refractivity contribution < 1.29 is 4.79 Å². The molecular weight excluding hydrogens is 266 g/mol. The Morgan fingerprint density at radius 2 is 2.00 bits per heavy atom. The first-order chi connectivity index (χ1) is 9.72. The Morgan fingerprint density at radius 1 is 1.25 bits per heavy atom. The fourth-order valence-corrected chi connectivity index (χ4v) is 2.79. The highest BCUT2D eigenvalue weighted by atomic mass is 32.2. The summed E-state index contributed by atoms with van der Waals surface area (Å²) in [6.45, 7) is 4.31. The van der Waals surface area contributed by atoms with Gasteiger partial charge in [0.2, 0.25) is 5.91 Å². The molecule has 0 aliphatic rings. The molecule has 0 aliphatic heterocycles. The second-order valence-electron chi connectivity index (χ2n) is 4.69.